The van der Waals surface area contributed by atoms with Gasteiger partial charge in [-0.05, 0) is 34.1 Å². The number of hydrogen-bond donors (Lipinski definition) is 1. The largest absolute Gasteiger partial charge is 0.467 e. The highest BCUT2D eigenvalue weighted by Gasteiger charge is 2.29. The average Bonchev–Trinajstić information content (AvgIpc) is 3.12. The fourth-order valence-electron chi connectivity index (χ4n) is 2.68. The molecule has 4 rings (SSSR count). The monoisotopic (exact) mass is 360 g/mol. The maximum absolute atomic E-state index is 12.7. The molecule has 0 aliphatic carbocycles. The van der Waals surface area contributed by atoms with Crippen LogP contribution in [0.15, 0.2) is 45.6 Å². The highest BCUT2D eigenvalue weighted by atomic mass is 79.9. The van der Waals surface area contributed by atoms with E-state index in [2.05, 4.69) is 26.5 Å². The second-order valence-electron chi connectivity index (χ2n) is 5.37. The van der Waals surface area contributed by atoms with E-state index in [-0.39, 0.29) is 11.8 Å². The molecule has 0 aromatic carbocycles. The third kappa shape index (κ3) is 2.09. The van der Waals surface area contributed by atoms with Gasteiger partial charge in [0, 0.05) is 22.7 Å². The van der Waals surface area contributed by atoms with Crippen molar-refractivity contribution in [3.8, 4) is 0 Å². The zero-order chi connectivity index (χ0) is 15.3. The predicted octanol–water partition coefficient (Wildman–Crippen LogP) is 3.28. The van der Waals surface area contributed by atoms with Crippen LogP contribution in [0.4, 0.5) is 5.69 Å². The van der Waals surface area contributed by atoms with Crippen LogP contribution in [0.2, 0.25) is 0 Å². The van der Waals surface area contributed by atoms with Gasteiger partial charge >= 0.3 is 0 Å². The van der Waals surface area contributed by atoms with Crippen LogP contribution in [-0.4, -0.2) is 27.1 Å². The first-order valence-corrected chi connectivity index (χ1v) is 7.72. The second-order valence-corrected chi connectivity index (χ2v) is 6.29. The number of carbonyl (C=O) groups excluding carboxylic acids is 1. The van der Waals surface area contributed by atoms with E-state index in [1.807, 2.05) is 31.3 Å². The summed E-state index contributed by atoms with van der Waals surface area (Å²) in [5, 5.41) is 5.93. The molecule has 1 unspecified atom stereocenters. The molecule has 1 amide bonds. The van der Waals surface area contributed by atoms with Gasteiger partial charge in [-0.1, -0.05) is 6.92 Å². The first-order chi connectivity index (χ1) is 10.6. The first-order valence-electron chi connectivity index (χ1n) is 6.92. The van der Waals surface area contributed by atoms with Gasteiger partial charge in [-0.3, -0.25) is 15.2 Å². The van der Waals surface area contributed by atoms with Crippen LogP contribution in [0.1, 0.15) is 29.1 Å². The van der Waals surface area contributed by atoms with Crippen molar-refractivity contribution in [2.45, 2.75) is 12.8 Å². The maximum Gasteiger partial charge on any atom is 0.292 e. The zero-order valence-electron chi connectivity index (χ0n) is 11.8. The molecule has 0 bridgehead atoms. The number of halogens is 1. The molecule has 1 aliphatic heterocycles. The Morgan fingerprint density at radius 3 is 3.18 bits per heavy atom. The molecule has 6 nitrogen and oxygen atoms in total. The average molecular weight is 361 g/mol. The lowest BCUT2D eigenvalue weighted by Crippen LogP contribution is -2.42. The molecular formula is C15H13BrN4O2. The molecule has 1 N–H and O–H groups in total. The lowest BCUT2D eigenvalue weighted by atomic mass is 10.1. The van der Waals surface area contributed by atoms with E-state index in [0.29, 0.717) is 12.2 Å². The number of pyridine rings is 1. The number of nitrogens with zero attached hydrogens (tertiary/aromatic N) is 3. The summed E-state index contributed by atoms with van der Waals surface area (Å²) < 4.78 is 8.04. The molecular weight excluding hydrogens is 348 g/mol. The van der Waals surface area contributed by atoms with Crippen molar-refractivity contribution in [3.05, 3.63) is 52.7 Å². The third-order valence-electron chi connectivity index (χ3n) is 3.74. The minimum atomic E-state index is -0.154. The number of hydrazine groups is 1. The highest BCUT2D eigenvalue weighted by Crippen LogP contribution is 2.31. The molecule has 3 aromatic heterocycles. The summed E-state index contributed by atoms with van der Waals surface area (Å²) >= 11 is 3.40. The minimum Gasteiger partial charge on any atom is -0.467 e. The summed E-state index contributed by atoms with van der Waals surface area (Å²) in [7, 11) is 0. The predicted molar refractivity (Wildman–Crippen MR) is 84.7 cm³/mol. The highest BCUT2D eigenvalue weighted by molar-refractivity contribution is 9.10. The fraction of sp³-hybridized carbons (Fsp3) is 0.200. The lowest BCUT2D eigenvalue weighted by molar-refractivity contribution is 0.0769. The van der Waals surface area contributed by atoms with Gasteiger partial charge in [0.25, 0.3) is 5.91 Å². The fourth-order valence-corrected chi connectivity index (χ4v) is 3.01. The van der Waals surface area contributed by atoms with E-state index in [9.17, 15) is 4.79 Å². The molecule has 0 radical (unpaired) electrons. The summed E-state index contributed by atoms with van der Waals surface area (Å²) in [5.74, 6) is 0.864. The van der Waals surface area contributed by atoms with Crippen LogP contribution >= 0.6 is 15.9 Å². The third-order valence-corrected chi connectivity index (χ3v) is 4.21. The number of fused-ring (bicyclic) bond motifs is 2. The van der Waals surface area contributed by atoms with Gasteiger partial charge in [0.2, 0.25) is 0 Å². The van der Waals surface area contributed by atoms with E-state index in [1.165, 1.54) is 0 Å². The molecule has 112 valence electrons. The molecule has 0 fully saturated rings. The Morgan fingerprint density at radius 2 is 2.32 bits per heavy atom. The van der Waals surface area contributed by atoms with Crippen LogP contribution in [0, 0.1) is 0 Å². The van der Waals surface area contributed by atoms with Crippen molar-refractivity contribution >= 4 is 33.0 Å². The molecule has 4 heterocycles. The first kappa shape index (κ1) is 13.4. The Hall–Kier alpha value is -2.28. The van der Waals surface area contributed by atoms with Gasteiger partial charge in [0.05, 0.1) is 24.0 Å². The molecule has 1 atom stereocenters. The number of carbonyl (C=O) groups is 1. The summed E-state index contributed by atoms with van der Waals surface area (Å²) in [6, 6.07) is 7.44. The van der Waals surface area contributed by atoms with E-state index in [1.54, 1.807) is 21.9 Å². The molecule has 22 heavy (non-hydrogen) atoms. The summed E-state index contributed by atoms with van der Waals surface area (Å²) in [4.78, 5) is 12.7. The maximum atomic E-state index is 12.7. The molecule has 0 saturated heterocycles. The Morgan fingerprint density at radius 1 is 1.45 bits per heavy atom. The molecule has 1 aliphatic rings. The van der Waals surface area contributed by atoms with Crippen molar-refractivity contribution in [2.75, 3.05) is 12.0 Å². The number of furan rings is 1. The summed E-state index contributed by atoms with van der Waals surface area (Å²) in [5.41, 5.74) is 5.21. The van der Waals surface area contributed by atoms with Gasteiger partial charge in [-0.15, -0.1) is 0 Å². The van der Waals surface area contributed by atoms with Crippen molar-refractivity contribution in [3.63, 3.8) is 0 Å². The molecule has 0 spiro atoms. The van der Waals surface area contributed by atoms with Gasteiger partial charge in [-0.25, -0.2) is 4.52 Å². The lowest BCUT2D eigenvalue weighted by Gasteiger charge is -2.30. The zero-order valence-corrected chi connectivity index (χ0v) is 13.4. The van der Waals surface area contributed by atoms with Gasteiger partial charge in [-0.2, -0.15) is 5.10 Å². The van der Waals surface area contributed by atoms with Crippen molar-refractivity contribution in [2.24, 2.45) is 0 Å². The van der Waals surface area contributed by atoms with Crippen molar-refractivity contribution < 1.29 is 9.21 Å². The Bertz CT molecular complexity index is 869. The normalized spacial score (nSPS) is 17.4. The number of aromatic nitrogens is 2. The van der Waals surface area contributed by atoms with Crippen LogP contribution in [0.25, 0.3) is 5.52 Å². The smallest absolute Gasteiger partial charge is 0.292 e. The Kier molecular flexibility index (Phi) is 2.97. The van der Waals surface area contributed by atoms with Gasteiger partial charge in [0.15, 0.2) is 5.69 Å². The topological polar surface area (TPSA) is 62.8 Å². The van der Waals surface area contributed by atoms with Crippen molar-refractivity contribution in [1.82, 2.24) is 14.6 Å². The minimum absolute atomic E-state index is 0.140. The number of rotatable bonds is 1. The molecule has 7 heteroatoms. The molecule has 3 aromatic rings. The van der Waals surface area contributed by atoms with Gasteiger partial charge < -0.3 is 4.42 Å². The van der Waals surface area contributed by atoms with E-state index < -0.39 is 0 Å². The number of hydrogen-bond acceptors (Lipinski definition) is 4. The summed E-state index contributed by atoms with van der Waals surface area (Å²) in [6.45, 7) is 2.57. The van der Waals surface area contributed by atoms with E-state index >= 15 is 0 Å². The van der Waals surface area contributed by atoms with Crippen LogP contribution < -0.4 is 5.43 Å². The van der Waals surface area contributed by atoms with Crippen LogP contribution in [0.3, 0.4) is 0 Å². The van der Waals surface area contributed by atoms with E-state index in [0.717, 1.165) is 21.4 Å². The Labute approximate surface area is 134 Å². The quantitative estimate of drug-likeness (QED) is 0.723. The molecule has 0 saturated carbocycles. The number of nitrogens with one attached hydrogen (secondary N) is 1. The van der Waals surface area contributed by atoms with Crippen LogP contribution in [0.5, 0.6) is 0 Å². The second kappa shape index (κ2) is 4.88. The van der Waals surface area contributed by atoms with E-state index in [4.69, 9.17) is 4.42 Å². The van der Waals surface area contributed by atoms with Gasteiger partial charge in [0.1, 0.15) is 5.76 Å². The summed E-state index contributed by atoms with van der Waals surface area (Å²) in [6.07, 6.45) is 3.46. The van der Waals surface area contributed by atoms with Crippen molar-refractivity contribution in [1.29, 1.82) is 0 Å². The Balaban J connectivity index is 1.66. The number of anilines is 1. The standard InChI is InChI=1S/C15H13BrN4O2/c1-9-7-20(17-12-4-5-22-14(9)12)15(21)13-6-11-3-2-10(16)8-19(11)18-13/h2-6,8-9,17H,7H2,1H3. The SMILES string of the molecule is CC1CN(C(=O)c2cc3ccc(Br)cn3n2)Nc2ccoc21. The van der Waals surface area contributed by atoms with Crippen LogP contribution in [-0.2, 0) is 0 Å². The number of amides is 1.